The Labute approximate surface area is 234 Å². The Balaban J connectivity index is 1.65. The van der Waals surface area contributed by atoms with E-state index in [9.17, 15) is 22.8 Å². The number of aromatic nitrogens is 3. The summed E-state index contributed by atoms with van der Waals surface area (Å²) < 4.78 is 41.2. The number of benzene rings is 2. The third-order valence-electron chi connectivity index (χ3n) is 6.50. The summed E-state index contributed by atoms with van der Waals surface area (Å²) in [6.45, 7) is 6.04. The molecule has 40 heavy (non-hydrogen) atoms. The number of carbonyl (C=O) groups excluding carboxylic acids is 1. The van der Waals surface area contributed by atoms with Crippen LogP contribution in [-0.4, -0.2) is 38.3 Å². The number of alkyl halides is 3. The van der Waals surface area contributed by atoms with E-state index in [1.165, 1.54) is 6.07 Å². The van der Waals surface area contributed by atoms with Gasteiger partial charge in [0.2, 0.25) is 0 Å². The minimum Gasteiger partial charge on any atom is -0.481 e. The number of carbonyl (C=O) groups is 2. The average molecular weight is 573 g/mol. The first kappa shape index (κ1) is 29.1. The van der Waals surface area contributed by atoms with E-state index in [0.717, 1.165) is 40.6 Å². The summed E-state index contributed by atoms with van der Waals surface area (Å²) in [5.41, 5.74) is 2.97. The fraction of sp³-hybridized carbons (Fsp3) is 0.310. The number of fused-ring (bicyclic) bond motifs is 1. The zero-order valence-electron chi connectivity index (χ0n) is 22.1. The van der Waals surface area contributed by atoms with E-state index < -0.39 is 23.6 Å². The average Bonchev–Trinajstić information content (AvgIpc) is 3.28. The lowest BCUT2D eigenvalue weighted by molar-refractivity contribution is -0.138. The summed E-state index contributed by atoms with van der Waals surface area (Å²) in [6.07, 6.45) is -0.430. The third kappa shape index (κ3) is 6.62. The van der Waals surface area contributed by atoms with Crippen LogP contribution in [0.3, 0.4) is 0 Å². The number of hydrogen-bond donors (Lipinski definition) is 2. The highest BCUT2D eigenvalue weighted by atomic mass is 35.5. The molecule has 0 aliphatic heterocycles. The lowest BCUT2D eigenvalue weighted by atomic mass is 9.97. The van der Waals surface area contributed by atoms with Gasteiger partial charge in [0, 0.05) is 34.9 Å². The monoisotopic (exact) mass is 572 g/mol. The zero-order chi connectivity index (χ0) is 29.2. The van der Waals surface area contributed by atoms with Crippen molar-refractivity contribution in [3.8, 4) is 11.1 Å². The van der Waals surface area contributed by atoms with Gasteiger partial charge in [-0.1, -0.05) is 37.6 Å². The highest BCUT2D eigenvalue weighted by molar-refractivity contribution is 6.33. The number of amides is 1. The molecule has 2 N–H and O–H groups in total. The molecule has 0 radical (unpaired) electrons. The van der Waals surface area contributed by atoms with E-state index in [0.29, 0.717) is 17.0 Å². The van der Waals surface area contributed by atoms with Crippen molar-refractivity contribution >= 4 is 34.4 Å². The molecule has 0 aliphatic rings. The molecule has 0 bridgehead atoms. The number of rotatable bonds is 9. The quantitative estimate of drug-likeness (QED) is 0.227. The normalized spacial score (nSPS) is 12.6. The van der Waals surface area contributed by atoms with Gasteiger partial charge >= 0.3 is 12.1 Å². The molecule has 11 heteroatoms. The molecular weight excluding hydrogens is 545 g/mol. The molecule has 2 aromatic heterocycles. The molecule has 1 unspecified atom stereocenters. The van der Waals surface area contributed by atoms with Crippen LogP contribution < -0.4 is 5.32 Å². The van der Waals surface area contributed by atoms with Crippen LogP contribution in [0.1, 0.15) is 59.9 Å². The molecule has 7 nitrogen and oxygen atoms in total. The Morgan fingerprint density at radius 3 is 2.45 bits per heavy atom. The Kier molecular flexibility index (Phi) is 8.48. The van der Waals surface area contributed by atoms with Crippen LogP contribution in [0, 0.1) is 12.8 Å². The van der Waals surface area contributed by atoms with Crippen molar-refractivity contribution < 1.29 is 27.9 Å². The maximum atomic E-state index is 13.1. The van der Waals surface area contributed by atoms with Crippen LogP contribution in [0.5, 0.6) is 0 Å². The fourth-order valence-corrected chi connectivity index (χ4v) is 4.79. The van der Waals surface area contributed by atoms with Crippen LogP contribution in [0.2, 0.25) is 5.02 Å². The van der Waals surface area contributed by atoms with E-state index >= 15 is 0 Å². The molecule has 1 amide bonds. The van der Waals surface area contributed by atoms with Gasteiger partial charge in [0.15, 0.2) is 0 Å². The van der Waals surface area contributed by atoms with Gasteiger partial charge in [-0.2, -0.15) is 18.3 Å². The van der Waals surface area contributed by atoms with Crippen LogP contribution in [0.25, 0.3) is 22.0 Å². The maximum absolute atomic E-state index is 13.1. The second kappa shape index (κ2) is 11.7. The van der Waals surface area contributed by atoms with Crippen LogP contribution >= 0.6 is 11.6 Å². The number of hydrogen-bond acceptors (Lipinski definition) is 4. The third-order valence-corrected chi connectivity index (χ3v) is 6.81. The minimum absolute atomic E-state index is 0.00649. The number of nitrogens with zero attached hydrogens (tertiary/aromatic N) is 3. The molecule has 0 saturated carbocycles. The van der Waals surface area contributed by atoms with Crippen molar-refractivity contribution in [2.45, 2.75) is 45.8 Å². The first-order valence-electron chi connectivity index (χ1n) is 12.7. The van der Waals surface area contributed by atoms with Crippen molar-refractivity contribution in [2.24, 2.45) is 5.92 Å². The molecule has 4 aromatic rings. The van der Waals surface area contributed by atoms with Gasteiger partial charge in [0.1, 0.15) is 5.69 Å². The lowest BCUT2D eigenvalue weighted by Gasteiger charge is -2.20. The Hall–Kier alpha value is -3.92. The first-order chi connectivity index (χ1) is 18.8. The van der Waals surface area contributed by atoms with Crippen LogP contribution in [0.15, 0.2) is 54.9 Å². The molecular formula is C29H28ClF3N4O3. The molecule has 210 valence electrons. The number of carboxylic acids is 1. The number of nitrogens with one attached hydrogen (secondary N) is 1. The van der Waals surface area contributed by atoms with Gasteiger partial charge in [0.25, 0.3) is 5.91 Å². The van der Waals surface area contributed by atoms with E-state index in [1.54, 1.807) is 18.3 Å². The molecule has 0 fully saturated rings. The van der Waals surface area contributed by atoms with Crippen molar-refractivity contribution in [2.75, 3.05) is 6.54 Å². The summed E-state index contributed by atoms with van der Waals surface area (Å²) >= 11 is 6.28. The fourth-order valence-electron chi connectivity index (χ4n) is 4.51. The van der Waals surface area contributed by atoms with Crippen molar-refractivity contribution in [3.63, 3.8) is 0 Å². The topological polar surface area (TPSA) is 97.1 Å². The largest absolute Gasteiger partial charge is 0.481 e. The second-order valence-electron chi connectivity index (χ2n) is 10.0. The summed E-state index contributed by atoms with van der Waals surface area (Å²) in [7, 11) is 0. The van der Waals surface area contributed by atoms with Crippen molar-refractivity contribution in [1.29, 1.82) is 0 Å². The number of carboxylic acid groups (broad SMARTS) is 1. The van der Waals surface area contributed by atoms with E-state index in [-0.39, 0.29) is 29.7 Å². The van der Waals surface area contributed by atoms with E-state index in [2.05, 4.69) is 24.1 Å². The van der Waals surface area contributed by atoms with E-state index in [4.69, 9.17) is 21.8 Å². The number of pyridine rings is 1. The molecule has 4 rings (SSSR count). The standard InChI is InChI=1S/C29H28ClF3N4O3/c1-16(2)10-26(18-4-7-24(35-14-18)28(40)34-9-8-27(38)39)37-15-19-12-22(17(3)11-25(19)36-37)21-6-5-20(13-23(21)30)29(31,32)33/h4-7,11-16,26H,8-10H2,1-3H3,(H,34,40)(H,38,39). The minimum atomic E-state index is -4.48. The predicted molar refractivity (Wildman–Crippen MR) is 146 cm³/mol. The van der Waals surface area contributed by atoms with Gasteiger partial charge in [-0.3, -0.25) is 19.3 Å². The van der Waals surface area contributed by atoms with Crippen molar-refractivity contribution in [3.05, 3.63) is 82.3 Å². The predicted octanol–water partition coefficient (Wildman–Crippen LogP) is 6.92. The molecule has 2 heterocycles. The Bertz CT molecular complexity index is 1550. The van der Waals surface area contributed by atoms with Gasteiger partial charge in [-0.25, -0.2) is 0 Å². The number of halogens is 4. The lowest BCUT2D eigenvalue weighted by Crippen LogP contribution is -2.27. The molecule has 2 aromatic carbocycles. The number of aryl methyl sites for hydroxylation is 1. The molecule has 1 atom stereocenters. The molecule has 0 aliphatic carbocycles. The molecule has 0 spiro atoms. The molecule has 0 saturated heterocycles. The summed E-state index contributed by atoms with van der Waals surface area (Å²) in [4.78, 5) is 27.3. The maximum Gasteiger partial charge on any atom is 0.416 e. The first-order valence-corrected chi connectivity index (χ1v) is 13.0. The number of aliphatic carboxylic acids is 1. The van der Waals surface area contributed by atoms with Gasteiger partial charge in [0.05, 0.1) is 23.5 Å². The summed E-state index contributed by atoms with van der Waals surface area (Å²) in [5, 5.41) is 16.9. The van der Waals surface area contributed by atoms with Crippen LogP contribution in [-0.2, 0) is 11.0 Å². The SMILES string of the molecule is Cc1cc2nn(C(CC(C)C)c3ccc(C(=O)NCCC(=O)O)nc3)cc2cc1-c1ccc(C(F)(F)F)cc1Cl. The highest BCUT2D eigenvalue weighted by Crippen LogP contribution is 2.38. The zero-order valence-corrected chi connectivity index (χ0v) is 22.8. The summed E-state index contributed by atoms with van der Waals surface area (Å²) in [5.74, 6) is -1.15. The van der Waals surface area contributed by atoms with Gasteiger partial charge in [-0.15, -0.1) is 0 Å². The Morgan fingerprint density at radius 1 is 1.10 bits per heavy atom. The van der Waals surface area contributed by atoms with E-state index in [1.807, 2.05) is 29.9 Å². The highest BCUT2D eigenvalue weighted by Gasteiger charge is 2.31. The smallest absolute Gasteiger partial charge is 0.416 e. The Morgan fingerprint density at radius 2 is 1.85 bits per heavy atom. The van der Waals surface area contributed by atoms with Gasteiger partial charge < -0.3 is 10.4 Å². The van der Waals surface area contributed by atoms with Crippen molar-refractivity contribution in [1.82, 2.24) is 20.1 Å². The second-order valence-corrected chi connectivity index (χ2v) is 10.5. The van der Waals surface area contributed by atoms with Crippen LogP contribution in [0.4, 0.5) is 13.2 Å². The summed E-state index contributed by atoms with van der Waals surface area (Å²) in [6, 6.07) is 10.3. The van der Waals surface area contributed by atoms with Gasteiger partial charge in [-0.05, 0) is 66.3 Å².